The average molecular weight is 252 g/mol. The van der Waals surface area contributed by atoms with Crippen LogP contribution in [0, 0.1) is 5.82 Å². The fourth-order valence-electron chi connectivity index (χ4n) is 2.61. The fraction of sp³-hybridized carbons (Fsp3) is 0.571. The highest BCUT2D eigenvalue weighted by Crippen LogP contribution is 2.32. The second kappa shape index (κ2) is 6.27. The molecule has 1 atom stereocenters. The van der Waals surface area contributed by atoms with E-state index in [1.54, 1.807) is 12.1 Å². The van der Waals surface area contributed by atoms with Crippen LogP contribution < -0.4 is 5.73 Å². The average Bonchev–Trinajstić information content (AvgIpc) is 2.30. The first-order chi connectivity index (χ1) is 8.77. The molecule has 100 valence electrons. The van der Waals surface area contributed by atoms with E-state index in [1.165, 1.54) is 12.5 Å². The Balaban J connectivity index is 2.21. The molecule has 1 saturated carbocycles. The standard InChI is InChI=1S/C14H21FN2O/c15-13-7-2-1-6-12(13)14(10-16)17(8-9-18)11-4-3-5-11/h1-2,6-7,11,14,18H,3-5,8-10,16H2. The Morgan fingerprint density at radius 1 is 1.39 bits per heavy atom. The molecule has 1 aromatic carbocycles. The highest BCUT2D eigenvalue weighted by Gasteiger charge is 2.31. The van der Waals surface area contributed by atoms with Crippen LogP contribution in [0.2, 0.25) is 0 Å². The molecule has 2 rings (SSSR count). The van der Waals surface area contributed by atoms with E-state index >= 15 is 0 Å². The van der Waals surface area contributed by atoms with Crippen LogP contribution in [-0.4, -0.2) is 35.7 Å². The van der Waals surface area contributed by atoms with Gasteiger partial charge in [0.2, 0.25) is 0 Å². The lowest BCUT2D eigenvalue weighted by molar-refractivity contribution is 0.0609. The van der Waals surface area contributed by atoms with Crippen LogP contribution in [0.3, 0.4) is 0 Å². The number of aliphatic hydroxyl groups is 1. The van der Waals surface area contributed by atoms with Crippen molar-refractivity contribution in [2.24, 2.45) is 5.73 Å². The fourth-order valence-corrected chi connectivity index (χ4v) is 2.61. The molecule has 1 unspecified atom stereocenters. The van der Waals surface area contributed by atoms with Crippen LogP contribution in [0.15, 0.2) is 24.3 Å². The molecule has 1 aromatic rings. The van der Waals surface area contributed by atoms with Gasteiger partial charge in [0.15, 0.2) is 0 Å². The second-order valence-electron chi connectivity index (χ2n) is 4.82. The van der Waals surface area contributed by atoms with Crippen LogP contribution >= 0.6 is 0 Å². The quantitative estimate of drug-likeness (QED) is 0.809. The third-order valence-electron chi connectivity index (χ3n) is 3.79. The van der Waals surface area contributed by atoms with Gasteiger partial charge in [0.1, 0.15) is 5.82 Å². The van der Waals surface area contributed by atoms with Crippen molar-refractivity contribution in [3.05, 3.63) is 35.6 Å². The molecule has 1 aliphatic carbocycles. The van der Waals surface area contributed by atoms with Crippen molar-refractivity contribution in [3.8, 4) is 0 Å². The van der Waals surface area contributed by atoms with Gasteiger partial charge in [0, 0.05) is 24.7 Å². The summed E-state index contributed by atoms with van der Waals surface area (Å²) >= 11 is 0. The minimum Gasteiger partial charge on any atom is -0.395 e. The van der Waals surface area contributed by atoms with Crippen LogP contribution in [-0.2, 0) is 0 Å². The number of halogens is 1. The number of hydrogen-bond acceptors (Lipinski definition) is 3. The Hall–Kier alpha value is -0.970. The van der Waals surface area contributed by atoms with Crippen molar-refractivity contribution in [2.45, 2.75) is 31.3 Å². The molecule has 0 amide bonds. The monoisotopic (exact) mass is 252 g/mol. The van der Waals surface area contributed by atoms with Crippen molar-refractivity contribution in [1.82, 2.24) is 4.90 Å². The van der Waals surface area contributed by atoms with E-state index in [1.807, 2.05) is 6.07 Å². The van der Waals surface area contributed by atoms with Crippen molar-refractivity contribution in [3.63, 3.8) is 0 Å². The molecule has 0 aliphatic heterocycles. The maximum atomic E-state index is 13.9. The van der Waals surface area contributed by atoms with E-state index < -0.39 is 0 Å². The molecule has 18 heavy (non-hydrogen) atoms. The van der Waals surface area contributed by atoms with Gasteiger partial charge in [-0.2, -0.15) is 0 Å². The third-order valence-corrected chi connectivity index (χ3v) is 3.79. The van der Waals surface area contributed by atoms with Gasteiger partial charge in [0.05, 0.1) is 12.6 Å². The zero-order chi connectivity index (χ0) is 13.0. The summed E-state index contributed by atoms with van der Waals surface area (Å²) in [6.07, 6.45) is 3.44. The highest BCUT2D eigenvalue weighted by molar-refractivity contribution is 5.22. The summed E-state index contributed by atoms with van der Waals surface area (Å²) in [5.41, 5.74) is 6.47. The molecular weight excluding hydrogens is 231 g/mol. The zero-order valence-electron chi connectivity index (χ0n) is 10.6. The van der Waals surface area contributed by atoms with Gasteiger partial charge in [0.25, 0.3) is 0 Å². The minimum atomic E-state index is -0.213. The van der Waals surface area contributed by atoms with Crippen LogP contribution in [0.4, 0.5) is 4.39 Å². The van der Waals surface area contributed by atoms with Gasteiger partial charge in [-0.1, -0.05) is 24.6 Å². The molecule has 1 fully saturated rings. The smallest absolute Gasteiger partial charge is 0.128 e. The van der Waals surface area contributed by atoms with E-state index in [4.69, 9.17) is 5.73 Å². The number of rotatable bonds is 6. The molecule has 0 bridgehead atoms. The Morgan fingerprint density at radius 3 is 2.61 bits per heavy atom. The third kappa shape index (κ3) is 2.71. The van der Waals surface area contributed by atoms with E-state index in [-0.39, 0.29) is 18.5 Å². The second-order valence-corrected chi connectivity index (χ2v) is 4.82. The molecule has 0 radical (unpaired) electrons. The van der Waals surface area contributed by atoms with E-state index in [2.05, 4.69) is 4.90 Å². The molecule has 3 nitrogen and oxygen atoms in total. The lowest BCUT2D eigenvalue weighted by atomic mass is 9.89. The summed E-state index contributed by atoms with van der Waals surface area (Å²) < 4.78 is 13.9. The lowest BCUT2D eigenvalue weighted by Crippen LogP contribution is -2.46. The summed E-state index contributed by atoms with van der Waals surface area (Å²) in [5, 5.41) is 9.19. The Labute approximate surface area is 107 Å². The van der Waals surface area contributed by atoms with E-state index in [0.29, 0.717) is 24.7 Å². The number of nitrogens with zero attached hydrogens (tertiary/aromatic N) is 1. The Kier molecular flexibility index (Phi) is 4.69. The summed E-state index contributed by atoms with van der Waals surface area (Å²) in [6.45, 7) is 1.01. The molecule has 0 saturated heterocycles. The van der Waals surface area contributed by atoms with Gasteiger partial charge in [-0.05, 0) is 18.9 Å². The number of hydrogen-bond donors (Lipinski definition) is 2. The Morgan fingerprint density at radius 2 is 2.11 bits per heavy atom. The first kappa shape index (κ1) is 13.5. The topological polar surface area (TPSA) is 49.5 Å². The highest BCUT2D eigenvalue weighted by atomic mass is 19.1. The molecule has 4 heteroatoms. The minimum absolute atomic E-state index is 0.0848. The van der Waals surface area contributed by atoms with Crippen LogP contribution in [0.25, 0.3) is 0 Å². The lowest BCUT2D eigenvalue weighted by Gasteiger charge is -2.42. The van der Waals surface area contributed by atoms with E-state index in [9.17, 15) is 9.50 Å². The first-order valence-corrected chi connectivity index (χ1v) is 6.59. The van der Waals surface area contributed by atoms with Crippen molar-refractivity contribution < 1.29 is 9.50 Å². The predicted octanol–water partition coefficient (Wildman–Crippen LogP) is 1.67. The summed E-state index contributed by atoms with van der Waals surface area (Å²) in [4.78, 5) is 2.15. The SMILES string of the molecule is NCC(c1ccccc1F)N(CCO)C1CCC1. The molecule has 3 N–H and O–H groups in total. The van der Waals surface area contributed by atoms with Crippen LogP contribution in [0.1, 0.15) is 30.9 Å². The largest absolute Gasteiger partial charge is 0.395 e. The summed E-state index contributed by atoms with van der Waals surface area (Å²) in [5.74, 6) is -0.213. The van der Waals surface area contributed by atoms with Gasteiger partial charge >= 0.3 is 0 Å². The Bertz CT molecular complexity index is 382. The van der Waals surface area contributed by atoms with Gasteiger partial charge in [-0.3, -0.25) is 4.90 Å². The summed E-state index contributed by atoms with van der Waals surface area (Å²) in [6, 6.07) is 7.07. The predicted molar refractivity (Wildman–Crippen MR) is 69.6 cm³/mol. The molecular formula is C14H21FN2O. The molecule has 0 aromatic heterocycles. The van der Waals surface area contributed by atoms with Gasteiger partial charge in [-0.25, -0.2) is 4.39 Å². The molecule has 1 aliphatic rings. The summed E-state index contributed by atoms with van der Waals surface area (Å²) in [7, 11) is 0. The van der Waals surface area contributed by atoms with Gasteiger partial charge in [-0.15, -0.1) is 0 Å². The van der Waals surface area contributed by atoms with Crippen LogP contribution in [0.5, 0.6) is 0 Å². The maximum Gasteiger partial charge on any atom is 0.128 e. The number of benzene rings is 1. The molecule has 0 spiro atoms. The zero-order valence-corrected chi connectivity index (χ0v) is 10.6. The van der Waals surface area contributed by atoms with Gasteiger partial charge < -0.3 is 10.8 Å². The van der Waals surface area contributed by atoms with Crippen molar-refractivity contribution >= 4 is 0 Å². The number of nitrogens with two attached hydrogens (primary N) is 1. The normalized spacial score (nSPS) is 17.8. The van der Waals surface area contributed by atoms with Crippen molar-refractivity contribution in [1.29, 1.82) is 0 Å². The maximum absolute atomic E-state index is 13.9. The first-order valence-electron chi connectivity index (χ1n) is 6.59. The number of aliphatic hydroxyl groups excluding tert-OH is 1. The van der Waals surface area contributed by atoms with Crippen molar-refractivity contribution in [2.75, 3.05) is 19.7 Å². The molecule has 0 heterocycles. The van der Waals surface area contributed by atoms with E-state index in [0.717, 1.165) is 12.8 Å².